The molecular weight excluding hydrogens is 305 g/mol. The Labute approximate surface area is 130 Å². The highest BCUT2D eigenvalue weighted by atomic mass is 32.2. The minimum atomic E-state index is -3.55. The summed E-state index contributed by atoms with van der Waals surface area (Å²) >= 11 is 0. The summed E-state index contributed by atoms with van der Waals surface area (Å²) in [6, 6.07) is 10.9. The fourth-order valence-corrected chi connectivity index (χ4v) is 3.06. The maximum Gasteiger partial charge on any atom is 0.240 e. The summed E-state index contributed by atoms with van der Waals surface area (Å²) in [6.45, 7) is 1.93. The van der Waals surface area contributed by atoms with Gasteiger partial charge < -0.3 is 4.74 Å². The molecule has 4 nitrogen and oxygen atoms in total. The molecule has 1 N–H and O–H groups in total. The first kappa shape index (κ1) is 16.5. The highest BCUT2D eigenvalue weighted by Gasteiger charge is 2.13. The van der Waals surface area contributed by atoms with Crippen molar-refractivity contribution in [3.8, 4) is 5.75 Å². The van der Waals surface area contributed by atoms with Crippen molar-refractivity contribution in [1.29, 1.82) is 0 Å². The van der Waals surface area contributed by atoms with Crippen LogP contribution in [0.5, 0.6) is 5.75 Å². The van der Waals surface area contributed by atoms with Crippen LogP contribution in [0.15, 0.2) is 47.4 Å². The number of rotatable bonds is 6. The first-order valence-electron chi connectivity index (χ1n) is 6.81. The fourth-order valence-electron chi connectivity index (χ4n) is 2.03. The van der Waals surface area contributed by atoms with Gasteiger partial charge in [-0.3, -0.25) is 0 Å². The van der Waals surface area contributed by atoms with Crippen molar-refractivity contribution in [3.63, 3.8) is 0 Å². The van der Waals surface area contributed by atoms with Gasteiger partial charge in [0.1, 0.15) is 11.6 Å². The van der Waals surface area contributed by atoms with Gasteiger partial charge in [0.15, 0.2) is 0 Å². The molecule has 0 fully saturated rings. The van der Waals surface area contributed by atoms with Crippen molar-refractivity contribution in [3.05, 3.63) is 59.4 Å². The predicted octanol–water partition coefficient (Wildman–Crippen LogP) is 2.66. The van der Waals surface area contributed by atoms with Gasteiger partial charge in [0.25, 0.3) is 0 Å². The van der Waals surface area contributed by atoms with Gasteiger partial charge in [-0.25, -0.2) is 17.5 Å². The minimum Gasteiger partial charge on any atom is -0.497 e. The largest absolute Gasteiger partial charge is 0.497 e. The highest BCUT2D eigenvalue weighted by molar-refractivity contribution is 7.89. The van der Waals surface area contributed by atoms with Gasteiger partial charge in [0.2, 0.25) is 10.0 Å². The molecule has 0 aliphatic heterocycles. The van der Waals surface area contributed by atoms with E-state index >= 15 is 0 Å². The van der Waals surface area contributed by atoms with Crippen molar-refractivity contribution in [1.82, 2.24) is 4.72 Å². The Bertz CT molecular complexity index is 742. The van der Waals surface area contributed by atoms with Crippen LogP contribution in [0.4, 0.5) is 4.39 Å². The van der Waals surface area contributed by atoms with Gasteiger partial charge in [0, 0.05) is 6.54 Å². The maximum atomic E-state index is 13.2. The molecule has 0 unspecified atom stereocenters. The summed E-state index contributed by atoms with van der Waals surface area (Å²) < 4.78 is 45.0. The number of methoxy groups -OCH3 is 1. The molecule has 0 saturated heterocycles. The molecule has 118 valence electrons. The van der Waals surface area contributed by atoms with E-state index in [1.807, 2.05) is 0 Å². The normalized spacial score (nSPS) is 11.4. The number of nitrogens with one attached hydrogen (secondary N) is 1. The molecule has 22 heavy (non-hydrogen) atoms. The molecule has 0 radical (unpaired) electrons. The van der Waals surface area contributed by atoms with Crippen LogP contribution in [-0.2, 0) is 16.4 Å². The zero-order chi connectivity index (χ0) is 16.2. The lowest BCUT2D eigenvalue weighted by atomic mass is 10.1. The molecule has 0 aromatic heterocycles. The van der Waals surface area contributed by atoms with E-state index in [2.05, 4.69) is 4.72 Å². The van der Waals surface area contributed by atoms with Gasteiger partial charge in [0.05, 0.1) is 12.0 Å². The molecule has 2 aromatic carbocycles. The molecule has 0 bridgehead atoms. The Morgan fingerprint density at radius 1 is 1.14 bits per heavy atom. The second-order valence-corrected chi connectivity index (χ2v) is 6.67. The molecule has 0 heterocycles. The summed E-state index contributed by atoms with van der Waals surface area (Å²) in [4.78, 5) is 0.184. The summed E-state index contributed by atoms with van der Waals surface area (Å²) in [6.07, 6.45) is 0.497. The number of hydrogen-bond donors (Lipinski definition) is 1. The molecule has 0 spiro atoms. The quantitative estimate of drug-likeness (QED) is 0.889. The van der Waals surface area contributed by atoms with Gasteiger partial charge in [-0.05, 0) is 54.8 Å². The zero-order valence-corrected chi connectivity index (χ0v) is 13.3. The van der Waals surface area contributed by atoms with Gasteiger partial charge in [-0.15, -0.1) is 0 Å². The van der Waals surface area contributed by atoms with Crippen LogP contribution in [0.3, 0.4) is 0 Å². The molecule has 0 atom stereocenters. The van der Waals surface area contributed by atoms with E-state index in [4.69, 9.17) is 4.74 Å². The smallest absolute Gasteiger partial charge is 0.240 e. The van der Waals surface area contributed by atoms with Crippen LogP contribution in [0.1, 0.15) is 11.1 Å². The van der Waals surface area contributed by atoms with E-state index in [9.17, 15) is 12.8 Å². The van der Waals surface area contributed by atoms with Crippen molar-refractivity contribution >= 4 is 10.0 Å². The van der Waals surface area contributed by atoms with Gasteiger partial charge in [-0.1, -0.05) is 12.1 Å². The van der Waals surface area contributed by atoms with Gasteiger partial charge in [-0.2, -0.15) is 0 Å². The van der Waals surface area contributed by atoms with Crippen LogP contribution in [0.2, 0.25) is 0 Å². The summed E-state index contributed by atoms with van der Waals surface area (Å²) in [5, 5.41) is 0. The first-order chi connectivity index (χ1) is 10.4. The average Bonchev–Trinajstić information content (AvgIpc) is 2.51. The third-order valence-electron chi connectivity index (χ3n) is 3.30. The molecule has 6 heteroatoms. The second kappa shape index (κ2) is 6.89. The summed E-state index contributed by atoms with van der Waals surface area (Å²) in [5.74, 6) is 0.336. The Balaban J connectivity index is 1.98. The fraction of sp³-hybridized carbons (Fsp3) is 0.250. The Morgan fingerprint density at radius 3 is 2.41 bits per heavy atom. The van der Waals surface area contributed by atoms with Crippen molar-refractivity contribution in [2.45, 2.75) is 18.2 Å². The number of halogens is 1. The minimum absolute atomic E-state index is 0.184. The SMILES string of the molecule is COc1ccc(S(=O)(=O)NCCc2ccc(F)c(C)c2)cc1. The standard InChI is InChI=1S/C16H18FNO3S/c1-12-11-13(3-8-16(12)17)9-10-18-22(19,20)15-6-4-14(21-2)5-7-15/h3-8,11,18H,9-10H2,1-2H3. The first-order valence-corrected chi connectivity index (χ1v) is 8.29. The number of benzene rings is 2. The van der Waals surface area contributed by atoms with Crippen LogP contribution in [0.25, 0.3) is 0 Å². The van der Waals surface area contributed by atoms with Gasteiger partial charge >= 0.3 is 0 Å². The van der Waals surface area contributed by atoms with Crippen molar-refractivity contribution in [2.75, 3.05) is 13.7 Å². The zero-order valence-electron chi connectivity index (χ0n) is 12.5. The van der Waals surface area contributed by atoms with Crippen LogP contribution >= 0.6 is 0 Å². The Morgan fingerprint density at radius 2 is 1.82 bits per heavy atom. The molecular formula is C16H18FNO3S. The number of aryl methyl sites for hydroxylation is 1. The number of sulfonamides is 1. The molecule has 2 rings (SSSR count). The van der Waals surface area contributed by atoms with Crippen molar-refractivity contribution in [2.24, 2.45) is 0 Å². The molecule has 0 aliphatic carbocycles. The average molecular weight is 323 g/mol. The molecule has 0 aliphatic rings. The van der Waals surface area contributed by atoms with Crippen molar-refractivity contribution < 1.29 is 17.5 Å². The lowest BCUT2D eigenvalue weighted by Crippen LogP contribution is -2.26. The number of ether oxygens (including phenoxy) is 1. The topological polar surface area (TPSA) is 55.4 Å². The summed E-state index contributed by atoms with van der Waals surface area (Å²) in [7, 11) is -2.03. The Hall–Kier alpha value is -1.92. The van der Waals surface area contributed by atoms with E-state index in [1.54, 1.807) is 31.2 Å². The van der Waals surface area contributed by atoms with E-state index in [0.717, 1.165) is 5.56 Å². The van der Waals surface area contributed by atoms with Crippen LogP contribution < -0.4 is 9.46 Å². The maximum absolute atomic E-state index is 13.2. The highest BCUT2D eigenvalue weighted by Crippen LogP contribution is 2.15. The third kappa shape index (κ3) is 4.05. The van der Waals surface area contributed by atoms with Crippen LogP contribution in [0, 0.1) is 12.7 Å². The molecule has 0 amide bonds. The van der Waals surface area contributed by atoms with Crippen LogP contribution in [-0.4, -0.2) is 22.1 Å². The van der Waals surface area contributed by atoms with E-state index in [1.165, 1.54) is 25.3 Å². The van der Waals surface area contributed by atoms with E-state index < -0.39 is 10.0 Å². The predicted molar refractivity (Wildman–Crippen MR) is 83.0 cm³/mol. The second-order valence-electron chi connectivity index (χ2n) is 4.91. The third-order valence-corrected chi connectivity index (χ3v) is 4.77. The molecule has 2 aromatic rings. The lowest BCUT2D eigenvalue weighted by Gasteiger charge is -2.08. The summed E-state index contributed by atoms with van der Waals surface area (Å²) in [5.41, 5.74) is 1.44. The lowest BCUT2D eigenvalue weighted by molar-refractivity contribution is 0.414. The number of hydrogen-bond acceptors (Lipinski definition) is 3. The van der Waals surface area contributed by atoms with E-state index in [0.29, 0.717) is 17.7 Å². The van der Waals surface area contributed by atoms with E-state index in [-0.39, 0.29) is 17.3 Å². The Kier molecular flexibility index (Phi) is 5.15. The monoisotopic (exact) mass is 323 g/mol. The molecule has 0 saturated carbocycles.